The first-order valence-corrected chi connectivity index (χ1v) is 8.51. The summed E-state index contributed by atoms with van der Waals surface area (Å²) in [4.78, 5) is 12.1. The molecule has 0 saturated heterocycles. The average Bonchev–Trinajstić information content (AvgIpc) is 3.16. The number of aliphatic hydroxyl groups excluding tert-OH is 1. The van der Waals surface area contributed by atoms with Gasteiger partial charge in [0.2, 0.25) is 0 Å². The van der Waals surface area contributed by atoms with Gasteiger partial charge in [-0.2, -0.15) is 11.8 Å². The van der Waals surface area contributed by atoms with Crippen molar-refractivity contribution in [2.75, 3.05) is 24.7 Å². The Labute approximate surface area is 126 Å². The maximum Gasteiger partial charge on any atom is 0.267 e. The number of carbonyl (C=O) groups excluding carboxylic acids is 1. The van der Waals surface area contributed by atoms with E-state index in [9.17, 15) is 4.79 Å². The molecule has 1 aromatic rings. The molecule has 0 bridgehead atoms. The van der Waals surface area contributed by atoms with E-state index in [2.05, 4.69) is 25.8 Å². The summed E-state index contributed by atoms with van der Waals surface area (Å²) in [5.74, 6) is 1.83. The van der Waals surface area contributed by atoms with Crippen molar-refractivity contribution in [1.82, 2.24) is 9.88 Å². The van der Waals surface area contributed by atoms with Crippen LogP contribution in [0, 0.1) is 0 Å². The fourth-order valence-electron chi connectivity index (χ4n) is 1.88. The number of nitrogens with zero attached hydrogens (tertiary/aromatic N) is 1. The minimum Gasteiger partial charge on any atom is -0.396 e. The minimum atomic E-state index is 0.000332. The molecule has 1 saturated carbocycles. The number of halogens is 1. The summed E-state index contributed by atoms with van der Waals surface area (Å²) in [7, 11) is 0. The van der Waals surface area contributed by atoms with E-state index in [0.29, 0.717) is 12.6 Å². The third kappa shape index (κ3) is 4.54. The molecule has 0 aromatic carbocycles. The first kappa shape index (κ1) is 14.9. The molecule has 2 rings (SSSR count). The SMILES string of the molecule is O=C(NCCSCCCO)c1cc(Br)cn1C1CC1. The van der Waals surface area contributed by atoms with E-state index >= 15 is 0 Å². The van der Waals surface area contributed by atoms with Gasteiger partial charge in [0.1, 0.15) is 5.69 Å². The summed E-state index contributed by atoms with van der Waals surface area (Å²) in [6, 6.07) is 2.39. The Hall–Kier alpha value is -0.460. The number of rotatable bonds is 8. The maximum absolute atomic E-state index is 12.1. The Morgan fingerprint density at radius 3 is 3.00 bits per heavy atom. The quantitative estimate of drug-likeness (QED) is 0.710. The topological polar surface area (TPSA) is 54.3 Å². The lowest BCUT2D eigenvalue weighted by atomic mass is 10.4. The zero-order valence-corrected chi connectivity index (χ0v) is 13.2. The van der Waals surface area contributed by atoms with Gasteiger partial charge in [-0.25, -0.2) is 0 Å². The van der Waals surface area contributed by atoms with Gasteiger partial charge in [-0.05, 0) is 47.0 Å². The van der Waals surface area contributed by atoms with Crippen molar-refractivity contribution in [3.8, 4) is 0 Å². The molecular weight excluding hydrogens is 328 g/mol. The van der Waals surface area contributed by atoms with Crippen molar-refractivity contribution in [3.63, 3.8) is 0 Å². The van der Waals surface area contributed by atoms with E-state index in [4.69, 9.17) is 5.11 Å². The number of nitrogens with one attached hydrogen (secondary N) is 1. The van der Waals surface area contributed by atoms with Gasteiger partial charge in [-0.15, -0.1) is 0 Å². The van der Waals surface area contributed by atoms with Crippen LogP contribution >= 0.6 is 27.7 Å². The lowest BCUT2D eigenvalue weighted by Gasteiger charge is -2.08. The molecule has 1 aliphatic carbocycles. The van der Waals surface area contributed by atoms with Crippen molar-refractivity contribution in [1.29, 1.82) is 0 Å². The Bertz CT molecular complexity index is 432. The second kappa shape index (κ2) is 7.36. The molecule has 0 radical (unpaired) electrons. The predicted octanol–water partition coefficient (Wildman–Crippen LogP) is 2.43. The van der Waals surface area contributed by atoms with Crippen molar-refractivity contribution >= 4 is 33.6 Å². The number of thioether (sulfide) groups is 1. The molecule has 1 fully saturated rings. The number of hydrogen-bond donors (Lipinski definition) is 2. The van der Waals surface area contributed by atoms with Crippen LogP contribution in [0.5, 0.6) is 0 Å². The number of carbonyl (C=O) groups is 1. The van der Waals surface area contributed by atoms with Gasteiger partial charge >= 0.3 is 0 Å². The number of hydrogen-bond acceptors (Lipinski definition) is 3. The van der Waals surface area contributed by atoms with Crippen LogP contribution in [0.4, 0.5) is 0 Å². The molecule has 1 heterocycles. The summed E-state index contributed by atoms with van der Waals surface area (Å²) >= 11 is 5.18. The van der Waals surface area contributed by atoms with Crippen LogP contribution in [0.15, 0.2) is 16.7 Å². The van der Waals surface area contributed by atoms with E-state index in [0.717, 1.165) is 28.1 Å². The molecule has 4 nitrogen and oxygen atoms in total. The van der Waals surface area contributed by atoms with Crippen LogP contribution in [-0.4, -0.2) is 40.2 Å². The van der Waals surface area contributed by atoms with Gasteiger partial charge in [0, 0.05) is 35.6 Å². The first-order chi connectivity index (χ1) is 9.22. The lowest BCUT2D eigenvalue weighted by molar-refractivity contribution is 0.0946. The van der Waals surface area contributed by atoms with E-state index in [1.54, 1.807) is 11.8 Å². The van der Waals surface area contributed by atoms with Crippen LogP contribution in [0.25, 0.3) is 0 Å². The highest BCUT2D eigenvalue weighted by molar-refractivity contribution is 9.10. The maximum atomic E-state index is 12.1. The monoisotopic (exact) mass is 346 g/mol. The van der Waals surface area contributed by atoms with Crippen LogP contribution in [0.3, 0.4) is 0 Å². The molecule has 1 amide bonds. The van der Waals surface area contributed by atoms with E-state index in [-0.39, 0.29) is 12.5 Å². The zero-order valence-electron chi connectivity index (χ0n) is 10.8. The number of aromatic nitrogens is 1. The zero-order chi connectivity index (χ0) is 13.7. The van der Waals surface area contributed by atoms with Gasteiger partial charge in [-0.3, -0.25) is 4.79 Å². The van der Waals surface area contributed by atoms with Crippen LogP contribution < -0.4 is 5.32 Å². The van der Waals surface area contributed by atoms with Crippen molar-refractivity contribution in [2.24, 2.45) is 0 Å². The molecule has 106 valence electrons. The van der Waals surface area contributed by atoms with Crippen LogP contribution in [-0.2, 0) is 0 Å². The summed E-state index contributed by atoms with van der Waals surface area (Å²) < 4.78 is 3.03. The van der Waals surface area contributed by atoms with Gasteiger partial charge in [0.15, 0.2) is 0 Å². The number of amides is 1. The molecule has 0 aliphatic heterocycles. The molecule has 19 heavy (non-hydrogen) atoms. The molecule has 6 heteroatoms. The minimum absolute atomic E-state index is 0.000332. The van der Waals surface area contributed by atoms with E-state index < -0.39 is 0 Å². The third-order valence-electron chi connectivity index (χ3n) is 2.97. The summed E-state index contributed by atoms with van der Waals surface area (Å²) in [6.45, 7) is 0.907. The molecule has 0 unspecified atom stereocenters. The first-order valence-electron chi connectivity index (χ1n) is 6.56. The highest BCUT2D eigenvalue weighted by Crippen LogP contribution is 2.37. The Morgan fingerprint density at radius 2 is 2.32 bits per heavy atom. The van der Waals surface area contributed by atoms with Gasteiger partial charge in [-0.1, -0.05) is 0 Å². The summed E-state index contributed by atoms with van der Waals surface area (Å²) in [6.07, 6.45) is 5.13. The highest BCUT2D eigenvalue weighted by Gasteiger charge is 2.27. The molecule has 1 aliphatic rings. The number of aliphatic hydroxyl groups is 1. The average molecular weight is 347 g/mol. The summed E-state index contributed by atoms with van der Waals surface area (Å²) in [5.41, 5.74) is 0.745. The molecule has 0 atom stereocenters. The standard InChI is InChI=1S/C13H19BrN2O2S/c14-10-8-12(16(9-10)11-2-3-11)13(18)15-4-7-19-6-1-5-17/h8-9,11,17H,1-7H2,(H,15,18). The van der Waals surface area contributed by atoms with Gasteiger partial charge in [0.25, 0.3) is 5.91 Å². The van der Waals surface area contributed by atoms with E-state index in [1.165, 1.54) is 12.8 Å². The fourth-order valence-corrected chi connectivity index (χ4v) is 3.10. The predicted molar refractivity (Wildman–Crippen MR) is 81.8 cm³/mol. The normalized spacial score (nSPS) is 14.6. The smallest absolute Gasteiger partial charge is 0.267 e. The Morgan fingerprint density at radius 1 is 1.53 bits per heavy atom. The molecule has 1 aromatic heterocycles. The second-order valence-corrected chi connectivity index (χ2v) is 6.77. The van der Waals surface area contributed by atoms with Gasteiger partial charge in [0.05, 0.1) is 0 Å². The largest absolute Gasteiger partial charge is 0.396 e. The fraction of sp³-hybridized carbons (Fsp3) is 0.615. The van der Waals surface area contributed by atoms with Crippen molar-refractivity contribution in [3.05, 3.63) is 22.4 Å². The highest BCUT2D eigenvalue weighted by atomic mass is 79.9. The molecule has 0 spiro atoms. The third-order valence-corrected chi connectivity index (χ3v) is 4.47. The van der Waals surface area contributed by atoms with Crippen LogP contribution in [0.1, 0.15) is 35.8 Å². The van der Waals surface area contributed by atoms with Crippen molar-refractivity contribution in [2.45, 2.75) is 25.3 Å². The van der Waals surface area contributed by atoms with Gasteiger partial charge < -0.3 is 15.0 Å². The van der Waals surface area contributed by atoms with E-state index in [1.807, 2.05) is 12.3 Å². The lowest BCUT2D eigenvalue weighted by Crippen LogP contribution is -2.27. The second-order valence-electron chi connectivity index (χ2n) is 4.63. The van der Waals surface area contributed by atoms with Crippen LogP contribution in [0.2, 0.25) is 0 Å². The molecular formula is C13H19BrN2O2S. The molecule has 2 N–H and O–H groups in total. The summed E-state index contributed by atoms with van der Waals surface area (Å²) in [5, 5.41) is 11.6. The Kier molecular flexibility index (Phi) is 5.78. The van der Waals surface area contributed by atoms with Crippen molar-refractivity contribution < 1.29 is 9.90 Å². The Balaban J connectivity index is 1.76.